The standard InChI is InChI=1S/C20H17FN2O5/c1-27-14-7-8-18(28-2)15(9-14)12-3-5-13(6-4-12)17(24)11-23-10-16(21)19(25)22-20(23)26/h3-10H,11H2,1-2H3,(H,22,25,26). The quantitative estimate of drug-likeness (QED) is 0.659. The second-order valence-electron chi connectivity index (χ2n) is 5.93. The van der Waals surface area contributed by atoms with Crippen LogP contribution in [-0.4, -0.2) is 29.6 Å². The van der Waals surface area contributed by atoms with Gasteiger partial charge in [-0.05, 0) is 23.8 Å². The molecule has 7 nitrogen and oxygen atoms in total. The van der Waals surface area contributed by atoms with Crippen molar-refractivity contribution in [3.8, 4) is 22.6 Å². The van der Waals surface area contributed by atoms with Crippen LogP contribution in [0.15, 0.2) is 58.3 Å². The molecule has 2 aromatic carbocycles. The van der Waals surface area contributed by atoms with E-state index in [9.17, 15) is 18.8 Å². The highest BCUT2D eigenvalue weighted by atomic mass is 19.1. The molecule has 0 aliphatic heterocycles. The van der Waals surface area contributed by atoms with Crippen LogP contribution in [0.2, 0.25) is 0 Å². The molecule has 28 heavy (non-hydrogen) atoms. The van der Waals surface area contributed by atoms with Gasteiger partial charge in [-0.15, -0.1) is 0 Å². The van der Waals surface area contributed by atoms with Crippen molar-refractivity contribution < 1.29 is 18.7 Å². The van der Waals surface area contributed by atoms with Crippen LogP contribution in [-0.2, 0) is 6.54 Å². The number of aromatic nitrogens is 2. The molecule has 3 aromatic rings. The maximum absolute atomic E-state index is 13.3. The van der Waals surface area contributed by atoms with E-state index in [1.54, 1.807) is 50.6 Å². The molecule has 0 aliphatic rings. The molecule has 0 spiro atoms. The van der Waals surface area contributed by atoms with Crippen LogP contribution in [0.4, 0.5) is 4.39 Å². The van der Waals surface area contributed by atoms with Gasteiger partial charge in [-0.25, -0.2) is 4.79 Å². The number of hydrogen-bond acceptors (Lipinski definition) is 5. The van der Waals surface area contributed by atoms with Crippen molar-refractivity contribution in [1.29, 1.82) is 0 Å². The molecule has 1 N–H and O–H groups in total. The molecule has 8 heteroatoms. The largest absolute Gasteiger partial charge is 0.497 e. The van der Waals surface area contributed by atoms with Crippen molar-refractivity contribution in [2.24, 2.45) is 0 Å². The minimum absolute atomic E-state index is 0.337. The first-order valence-electron chi connectivity index (χ1n) is 8.28. The van der Waals surface area contributed by atoms with Gasteiger partial charge in [-0.1, -0.05) is 24.3 Å². The van der Waals surface area contributed by atoms with Gasteiger partial charge < -0.3 is 9.47 Å². The minimum atomic E-state index is -1.13. The topological polar surface area (TPSA) is 90.4 Å². The summed E-state index contributed by atoms with van der Waals surface area (Å²) in [7, 11) is 3.12. The number of aromatic amines is 1. The maximum Gasteiger partial charge on any atom is 0.328 e. The van der Waals surface area contributed by atoms with E-state index in [1.807, 2.05) is 11.1 Å². The van der Waals surface area contributed by atoms with E-state index in [0.717, 1.165) is 15.7 Å². The van der Waals surface area contributed by atoms with Crippen LogP contribution < -0.4 is 20.7 Å². The highest BCUT2D eigenvalue weighted by Crippen LogP contribution is 2.33. The van der Waals surface area contributed by atoms with Crippen molar-refractivity contribution in [2.45, 2.75) is 6.54 Å². The summed E-state index contributed by atoms with van der Waals surface area (Å²) in [5.74, 6) is -0.226. The van der Waals surface area contributed by atoms with Crippen molar-refractivity contribution in [2.75, 3.05) is 14.2 Å². The van der Waals surface area contributed by atoms with Gasteiger partial charge in [-0.2, -0.15) is 4.39 Å². The number of nitrogens with zero attached hydrogens (tertiary/aromatic N) is 1. The number of hydrogen-bond donors (Lipinski definition) is 1. The smallest absolute Gasteiger partial charge is 0.328 e. The lowest BCUT2D eigenvalue weighted by Crippen LogP contribution is -2.33. The van der Waals surface area contributed by atoms with E-state index in [1.165, 1.54) is 0 Å². The first kappa shape index (κ1) is 19.1. The number of rotatable bonds is 6. The molecule has 0 radical (unpaired) electrons. The van der Waals surface area contributed by atoms with E-state index in [2.05, 4.69) is 0 Å². The molecular formula is C20H17FN2O5. The van der Waals surface area contributed by atoms with Crippen molar-refractivity contribution in [1.82, 2.24) is 9.55 Å². The molecule has 0 aliphatic carbocycles. The normalized spacial score (nSPS) is 10.5. The predicted molar refractivity (Wildman–Crippen MR) is 101 cm³/mol. The summed E-state index contributed by atoms with van der Waals surface area (Å²) in [5, 5.41) is 0. The second-order valence-corrected chi connectivity index (χ2v) is 5.93. The SMILES string of the molecule is COc1ccc(OC)c(-c2ccc(C(=O)Cn3cc(F)c(=O)[nH]c3=O)cc2)c1. The molecule has 0 saturated carbocycles. The van der Waals surface area contributed by atoms with Gasteiger partial charge >= 0.3 is 5.69 Å². The third-order valence-electron chi connectivity index (χ3n) is 4.21. The van der Waals surface area contributed by atoms with E-state index in [4.69, 9.17) is 9.47 Å². The summed E-state index contributed by atoms with van der Waals surface area (Å²) < 4.78 is 24.8. The number of carbonyl (C=O) groups is 1. The highest BCUT2D eigenvalue weighted by molar-refractivity contribution is 5.96. The number of methoxy groups -OCH3 is 2. The molecule has 0 bridgehead atoms. The van der Waals surface area contributed by atoms with Crippen molar-refractivity contribution in [3.63, 3.8) is 0 Å². The van der Waals surface area contributed by atoms with Gasteiger partial charge in [-0.3, -0.25) is 19.1 Å². The van der Waals surface area contributed by atoms with Gasteiger partial charge in [0.2, 0.25) is 5.82 Å². The summed E-state index contributed by atoms with van der Waals surface area (Å²) in [4.78, 5) is 37.0. The Morgan fingerprint density at radius 3 is 2.43 bits per heavy atom. The molecule has 3 rings (SSSR count). The predicted octanol–water partition coefficient (Wildman–Crippen LogP) is 2.24. The monoisotopic (exact) mass is 384 g/mol. The molecule has 1 heterocycles. The average Bonchev–Trinajstić information content (AvgIpc) is 2.71. The fraction of sp³-hybridized carbons (Fsp3) is 0.150. The highest BCUT2D eigenvalue weighted by Gasteiger charge is 2.12. The molecular weight excluding hydrogens is 367 g/mol. The molecule has 144 valence electrons. The Morgan fingerprint density at radius 2 is 1.79 bits per heavy atom. The number of nitrogens with one attached hydrogen (secondary N) is 1. The lowest BCUT2D eigenvalue weighted by atomic mass is 10.0. The summed E-state index contributed by atoms with van der Waals surface area (Å²) in [6, 6.07) is 12.1. The zero-order chi connectivity index (χ0) is 20.3. The number of Topliss-reactive ketones (excluding diaryl/α,β-unsaturated/α-hetero) is 1. The summed E-state index contributed by atoms with van der Waals surface area (Å²) >= 11 is 0. The van der Waals surface area contributed by atoms with Crippen LogP contribution in [0.3, 0.4) is 0 Å². The van der Waals surface area contributed by atoms with Crippen LogP contribution in [0.5, 0.6) is 11.5 Å². The molecule has 0 amide bonds. The van der Waals surface area contributed by atoms with Crippen molar-refractivity contribution in [3.05, 3.63) is 80.9 Å². The number of benzene rings is 2. The molecule has 1 aromatic heterocycles. The molecule has 0 saturated heterocycles. The molecule has 0 fully saturated rings. The fourth-order valence-corrected chi connectivity index (χ4v) is 2.72. The first-order valence-corrected chi connectivity index (χ1v) is 8.28. The summed E-state index contributed by atoms with van der Waals surface area (Å²) in [6.45, 7) is -0.394. The molecule has 0 unspecified atom stereocenters. The Labute approximate surface area is 159 Å². The summed E-state index contributed by atoms with van der Waals surface area (Å²) in [5.41, 5.74) is -0.0359. The van der Waals surface area contributed by atoms with Crippen molar-refractivity contribution >= 4 is 5.78 Å². The van der Waals surface area contributed by atoms with E-state index in [0.29, 0.717) is 23.3 Å². The Kier molecular flexibility index (Phi) is 5.39. The van der Waals surface area contributed by atoms with E-state index < -0.39 is 29.4 Å². The zero-order valence-electron chi connectivity index (χ0n) is 15.2. The van der Waals surface area contributed by atoms with Gasteiger partial charge in [0.25, 0.3) is 5.56 Å². The van der Waals surface area contributed by atoms with Crippen LogP contribution >= 0.6 is 0 Å². The Hall–Kier alpha value is -3.68. The average molecular weight is 384 g/mol. The number of carbonyl (C=O) groups excluding carboxylic acids is 1. The third-order valence-corrected chi connectivity index (χ3v) is 4.21. The van der Waals surface area contributed by atoms with Gasteiger partial charge in [0.1, 0.15) is 11.5 Å². The van der Waals surface area contributed by atoms with Crippen LogP contribution in [0.25, 0.3) is 11.1 Å². The zero-order valence-corrected chi connectivity index (χ0v) is 15.2. The fourth-order valence-electron chi connectivity index (χ4n) is 2.72. The van der Waals surface area contributed by atoms with E-state index in [-0.39, 0.29) is 0 Å². The third kappa shape index (κ3) is 3.85. The maximum atomic E-state index is 13.3. The van der Waals surface area contributed by atoms with Gasteiger partial charge in [0.05, 0.1) is 27.0 Å². The number of ketones is 1. The Balaban J connectivity index is 1.87. The Bertz CT molecular complexity index is 1130. The Morgan fingerprint density at radius 1 is 1.07 bits per heavy atom. The number of halogens is 1. The second kappa shape index (κ2) is 7.91. The van der Waals surface area contributed by atoms with Crippen LogP contribution in [0.1, 0.15) is 10.4 Å². The number of H-pyrrole nitrogens is 1. The van der Waals surface area contributed by atoms with Gasteiger partial charge in [0.15, 0.2) is 5.78 Å². The molecule has 0 atom stereocenters. The number of ether oxygens (including phenoxy) is 2. The minimum Gasteiger partial charge on any atom is -0.497 e. The van der Waals surface area contributed by atoms with Crippen LogP contribution in [0, 0.1) is 5.82 Å². The van der Waals surface area contributed by atoms with E-state index >= 15 is 0 Å². The van der Waals surface area contributed by atoms with Gasteiger partial charge in [0, 0.05) is 11.1 Å². The lowest BCUT2D eigenvalue weighted by molar-refractivity contribution is 0.0970. The summed E-state index contributed by atoms with van der Waals surface area (Å²) in [6.07, 6.45) is 0.717. The lowest BCUT2D eigenvalue weighted by Gasteiger charge is -2.11. The first-order chi connectivity index (χ1) is 13.4.